The number of benzene rings is 1. The van der Waals surface area contributed by atoms with Gasteiger partial charge in [0.15, 0.2) is 5.96 Å². The topological polar surface area (TPSA) is 54.9 Å². The van der Waals surface area contributed by atoms with Crippen LogP contribution < -0.4 is 20.1 Å². The van der Waals surface area contributed by atoms with Gasteiger partial charge in [-0.25, -0.2) is 4.99 Å². The van der Waals surface area contributed by atoms with Gasteiger partial charge in [-0.2, -0.15) is 8.78 Å². The predicted molar refractivity (Wildman–Crippen MR) is 82.6 cm³/mol. The Morgan fingerprint density at radius 3 is 2.77 bits per heavy atom. The Hall–Kier alpha value is -2.31. The van der Waals surface area contributed by atoms with E-state index in [1.54, 1.807) is 18.2 Å². The van der Waals surface area contributed by atoms with Crippen molar-refractivity contribution in [1.82, 2.24) is 10.6 Å². The average molecular weight is 313 g/mol. The van der Waals surface area contributed by atoms with Crippen LogP contribution in [0.15, 0.2) is 35.8 Å². The molecule has 22 heavy (non-hydrogen) atoms. The molecule has 0 aliphatic carbocycles. The van der Waals surface area contributed by atoms with Crippen molar-refractivity contribution < 1.29 is 18.3 Å². The minimum Gasteiger partial charge on any atom is -0.497 e. The van der Waals surface area contributed by atoms with Crippen molar-refractivity contribution in [1.29, 1.82) is 0 Å². The van der Waals surface area contributed by atoms with E-state index >= 15 is 0 Å². The molecule has 0 saturated carbocycles. The second-order valence-electron chi connectivity index (χ2n) is 4.22. The van der Waals surface area contributed by atoms with E-state index in [9.17, 15) is 8.78 Å². The Balaban J connectivity index is 2.91. The monoisotopic (exact) mass is 313 g/mol. The molecule has 122 valence electrons. The molecule has 0 spiro atoms. The third kappa shape index (κ3) is 5.99. The van der Waals surface area contributed by atoms with E-state index in [0.717, 1.165) is 0 Å². The lowest BCUT2D eigenvalue weighted by molar-refractivity contribution is -0.0505. The third-order valence-electron chi connectivity index (χ3n) is 2.66. The number of nitrogens with zero attached hydrogens (tertiary/aromatic N) is 1. The van der Waals surface area contributed by atoms with Crippen molar-refractivity contribution in [3.05, 3.63) is 36.4 Å². The summed E-state index contributed by atoms with van der Waals surface area (Å²) in [6.07, 6.45) is 1.70. The zero-order valence-corrected chi connectivity index (χ0v) is 12.7. The molecule has 0 unspecified atom stereocenters. The highest BCUT2D eigenvalue weighted by Gasteiger charge is 2.11. The van der Waals surface area contributed by atoms with Crippen molar-refractivity contribution in [2.24, 2.45) is 4.99 Å². The van der Waals surface area contributed by atoms with Crippen LogP contribution in [-0.4, -0.2) is 32.8 Å². The normalized spacial score (nSPS) is 11.2. The number of alkyl halides is 2. The van der Waals surface area contributed by atoms with Crippen LogP contribution in [0.4, 0.5) is 8.78 Å². The number of rotatable bonds is 8. The molecule has 7 heteroatoms. The number of nitrogens with one attached hydrogen (secondary N) is 2. The van der Waals surface area contributed by atoms with Crippen molar-refractivity contribution in [3.63, 3.8) is 0 Å². The highest BCUT2D eigenvalue weighted by molar-refractivity contribution is 5.79. The molecule has 2 N–H and O–H groups in total. The quantitative estimate of drug-likeness (QED) is 0.440. The molecule has 0 heterocycles. The molecule has 0 amide bonds. The first-order valence-electron chi connectivity index (χ1n) is 6.85. The number of hydrogen-bond acceptors (Lipinski definition) is 3. The fraction of sp³-hybridized carbons (Fsp3) is 0.400. The molecular formula is C15H21F2N3O2. The molecule has 0 bridgehead atoms. The zero-order valence-electron chi connectivity index (χ0n) is 12.7. The van der Waals surface area contributed by atoms with Gasteiger partial charge in [-0.05, 0) is 19.1 Å². The summed E-state index contributed by atoms with van der Waals surface area (Å²) < 4.78 is 34.5. The van der Waals surface area contributed by atoms with Crippen LogP contribution >= 0.6 is 0 Å². The predicted octanol–water partition coefficient (Wildman–Crippen LogP) is 2.54. The molecular weight excluding hydrogens is 292 g/mol. The van der Waals surface area contributed by atoms with E-state index in [2.05, 4.69) is 26.9 Å². The molecule has 0 aromatic heterocycles. The van der Waals surface area contributed by atoms with E-state index in [-0.39, 0.29) is 12.3 Å². The number of halogens is 2. The van der Waals surface area contributed by atoms with Crippen LogP contribution in [0.3, 0.4) is 0 Å². The minimum absolute atomic E-state index is 0.0534. The average Bonchev–Trinajstić information content (AvgIpc) is 2.50. The summed E-state index contributed by atoms with van der Waals surface area (Å²) in [7, 11) is 1.46. The Kier molecular flexibility index (Phi) is 7.74. The van der Waals surface area contributed by atoms with Gasteiger partial charge in [-0.3, -0.25) is 0 Å². The van der Waals surface area contributed by atoms with Crippen molar-refractivity contribution in [2.75, 3.05) is 20.2 Å². The van der Waals surface area contributed by atoms with E-state index in [4.69, 9.17) is 4.74 Å². The molecule has 1 rings (SSSR count). The van der Waals surface area contributed by atoms with Crippen molar-refractivity contribution in [3.8, 4) is 11.5 Å². The second kappa shape index (κ2) is 9.59. The first-order valence-corrected chi connectivity index (χ1v) is 6.85. The molecule has 1 aromatic carbocycles. The van der Waals surface area contributed by atoms with Crippen LogP contribution in [-0.2, 0) is 6.54 Å². The van der Waals surface area contributed by atoms with Crippen LogP contribution in [0.1, 0.15) is 12.5 Å². The van der Waals surface area contributed by atoms with Crippen molar-refractivity contribution >= 4 is 5.96 Å². The summed E-state index contributed by atoms with van der Waals surface area (Å²) in [6.45, 7) is 4.08. The van der Waals surface area contributed by atoms with E-state index in [1.165, 1.54) is 13.2 Å². The van der Waals surface area contributed by atoms with E-state index in [1.807, 2.05) is 6.92 Å². The van der Waals surface area contributed by atoms with Crippen LogP contribution in [0.25, 0.3) is 0 Å². The smallest absolute Gasteiger partial charge is 0.387 e. The summed E-state index contributed by atoms with van der Waals surface area (Å²) in [5, 5.41) is 6.08. The Morgan fingerprint density at radius 1 is 1.41 bits per heavy atom. The number of hydrogen-bond donors (Lipinski definition) is 2. The highest BCUT2D eigenvalue weighted by Crippen LogP contribution is 2.26. The fourth-order valence-corrected chi connectivity index (χ4v) is 1.67. The first kappa shape index (κ1) is 17.7. The highest BCUT2D eigenvalue weighted by atomic mass is 19.3. The van der Waals surface area contributed by atoms with Gasteiger partial charge in [0, 0.05) is 24.7 Å². The standard InChI is InChI=1S/C15H21F2N3O2/c1-4-8-19-15(18-5-2)20-10-11-6-7-12(21-3)9-13(11)22-14(16)17/h4,6-7,9,14H,1,5,8,10H2,2-3H3,(H2,18,19,20). The number of aliphatic imine (C=N–C) groups is 1. The van der Waals surface area contributed by atoms with Gasteiger partial charge < -0.3 is 20.1 Å². The van der Waals surface area contributed by atoms with E-state index in [0.29, 0.717) is 30.4 Å². The Bertz CT molecular complexity index is 508. The molecule has 0 fully saturated rings. The summed E-state index contributed by atoms with van der Waals surface area (Å²) in [5.74, 6) is 1.07. The summed E-state index contributed by atoms with van der Waals surface area (Å²) >= 11 is 0. The number of guanidine groups is 1. The molecule has 5 nitrogen and oxygen atoms in total. The van der Waals surface area contributed by atoms with Gasteiger partial charge in [0.05, 0.1) is 13.7 Å². The maximum absolute atomic E-state index is 12.5. The molecule has 0 aliphatic heterocycles. The van der Waals surface area contributed by atoms with Gasteiger partial charge in [-0.15, -0.1) is 6.58 Å². The second-order valence-corrected chi connectivity index (χ2v) is 4.22. The Labute approximate surface area is 129 Å². The molecule has 0 aliphatic rings. The maximum atomic E-state index is 12.5. The summed E-state index contributed by atoms with van der Waals surface area (Å²) in [5.41, 5.74) is 0.539. The lowest BCUT2D eigenvalue weighted by Crippen LogP contribution is -2.37. The summed E-state index contributed by atoms with van der Waals surface area (Å²) in [4.78, 5) is 4.33. The zero-order chi connectivity index (χ0) is 16.4. The molecule has 0 atom stereocenters. The van der Waals surface area contributed by atoms with Gasteiger partial charge in [-0.1, -0.05) is 6.08 Å². The lowest BCUT2D eigenvalue weighted by Gasteiger charge is -2.13. The largest absolute Gasteiger partial charge is 0.497 e. The Morgan fingerprint density at radius 2 is 2.18 bits per heavy atom. The van der Waals surface area contributed by atoms with E-state index < -0.39 is 6.61 Å². The first-order chi connectivity index (χ1) is 10.6. The molecule has 1 aromatic rings. The van der Waals surface area contributed by atoms with Gasteiger partial charge in [0.1, 0.15) is 11.5 Å². The van der Waals surface area contributed by atoms with Crippen molar-refractivity contribution in [2.45, 2.75) is 20.1 Å². The SMILES string of the molecule is C=CCNC(=NCc1ccc(OC)cc1OC(F)F)NCC. The molecule has 0 saturated heterocycles. The third-order valence-corrected chi connectivity index (χ3v) is 2.66. The minimum atomic E-state index is -2.90. The van der Waals surface area contributed by atoms with Gasteiger partial charge in [0.25, 0.3) is 0 Å². The molecule has 0 radical (unpaired) electrons. The summed E-state index contributed by atoms with van der Waals surface area (Å²) in [6, 6.07) is 4.74. The van der Waals surface area contributed by atoms with Crippen LogP contribution in [0.5, 0.6) is 11.5 Å². The van der Waals surface area contributed by atoms with Crippen LogP contribution in [0, 0.1) is 0 Å². The van der Waals surface area contributed by atoms with Gasteiger partial charge >= 0.3 is 6.61 Å². The maximum Gasteiger partial charge on any atom is 0.387 e. The lowest BCUT2D eigenvalue weighted by atomic mass is 10.2. The number of ether oxygens (including phenoxy) is 2. The number of methoxy groups -OCH3 is 1. The van der Waals surface area contributed by atoms with Gasteiger partial charge in [0.2, 0.25) is 0 Å². The fourth-order valence-electron chi connectivity index (χ4n) is 1.67. The van der Waals surface area contributed by atoms with Crippen LogP contribution in [0.2, 0.25) is 0 Å².